The maximum Gasteiger partial charge on any atom is 0.306 e. The van der Waals surface area contributed by atoms with Crippen molar-refractivity contribution in [3.05, 3.63) is 0 Å². The summed E-state index contributed by atoms with van der Waals surface area (Å²) in [7, 11) is 0. The van der Waals surface area contributed by atoms with Crippen molar-refractivity contribution in [3.8, 4) is 0 Å². The number of ketones is 1. The topological polar surface area (TPSA) is 61.8 Å². The summed E-state index contributed by atoms with van der Waals surface area (Å²) in [6.07, 6.45) is 10.9. The van der Waals surface area contributed by atoms with Crippen LogP contribution in [-0.4, -0.2) is 36.4 Å². The minimum absolute atomic E-state index is 0.0378. The second-order valence-electron chi connectivity index (χ2n) is 14.2. The van der Waals surface area contributed by atoms with Gasteiger partial charge in [-0.2, -0.15) is 0 Å². The van der Waals surface area contributed by atoms with E-state index in [1.807, 2.05) is 6.92 Å². The molecule has 6 rings (SSSR count). The molecule has 4 aliphatic carbocycles. The van der Waals surface area contributed by atoms with E-state index in [9.17, 15) is 9.59 Å². The summed E-state index contributed by atoms with van der Waals surface area (Å²) in [5.41, 5.74) is -0.0984. The standard InChI is InChI=1S/C31H48O5/c1-6-7-27(33)35-21-11-12-29(4)20(14-21)8-9-22-23(29)16-26(32)30(5)24(22)15-25-28(30)19(3)31(36-25)13-10-18(2)17-34-31/h18-25,28H,6-17H2,1-5H3/t18-,19+,20+,21-,22-,23+,24+,25+,28+,29+,30-,31-/m1/s1. The average molecular weight is 501 g/mol. The molecule has 0 aromatic rings. The molecule has 202 valence electrons. The summed E-state index contributed by atoms with van der Waals surface area (Å²) in [6.45, 7) is 12.2. The summed E-state index contributed by atoms with van der Waals surface area (Å²) in [5, 5.41) is 0. The van der Waals surface area contributed by atoms with Gasteiger partial charge >= 0.3 is 5.97 Å². The fraction of sp³-hybridized carbons (Fsp3) is 0.935. The first-order valence-corrected chi connectivity index (χ1v) is 15.2. The van der Waals surface area contributed by atoms with Crippen molar-refractivity contribution in [2.75, 3.05) is 6.61 Å². The minimum atomic E-state index is -0.468. The molecule has 0 amide bonds. The first-order chi connectivity index (χ1) is 17.1. The van der Waals surface area contributed by atoms with E-state index in [2.05, 4.69) is 27.7 Å². The molecule has 0 aromatic carbocycles. The molecule has 6 fully saturated rings. The highest BCUT2D eigenvalue weighted by Crippen LogP contribution is 2.70. The van der Waals surface area contributed by atoms with Crippen LogP contribution in [0.2, 0.25) is 0 Å². The van der Waals surface area contributed by atoms with E-state index in [1.54, 1.807) is 0 Å². The zero-order valence-corrected chi connectivity index (χ0v) is 23.2. The molecular formula is C31H48O5. The predicted molar refractivity (Wildman–Crippen MR) is 137 cm³/mol. The fourth-order valence-electron chi connectivity index (χ4n) is 10.5. The summed E-state index contributed by atoms with van der Waals surface area (Å²) >= 11 is 0. The van der Waals surface area contributed by atoms with Crippen LogP contribution in [0, 0.1) is 52.3 Å². The predicted octanol–water partition coefficient (Wildman–Crippen LogP) is 6.32. The third-order valence-corrected chi connectivity index (χ3v) is 12.5. The van der Waals surface area contributed by atoms with Gasteiger partial charge in [0.05, 0.1) is 12.7 Å². The Labute approximate surface area is 217 Å². The first kappa shape index (κ1) is 25.3. The van der Waals surface area contributed by atoms with Gasteiger partial charge in [0, 0.05) is 36.5 Å². The van der Waals surface area contributed by atoms with Gasteiger partial charge in [0.1, 0.15) is 11.9 Å². The third kappa shape index (κ3) is 3.53. The van der Waals surface area contributed by atoms with Crippen molar-refractivity contribution in [2.24, 2.45) is 52.3 Å². The van der Waals surface area contributed by atoms with Gasteiger partial charge in [-0.15, -0.1) is 0 Å². The molecule has 5 heteroatoms. The quantitative estimate of drug-likeness (QED) is 0.424. The molecule has 0 unspecified atom stereocenters. The molecule has 2 aliphatic heterocycles. The molecular weight excluding hydrogens is 452 g/mol. The van der Waals surface area contributed by atoms with Gasteiger partial charge in [-0.25, -0.2) is 0 Å². The molecule has 36 heavy (non-hydrogen) atoms. The van der Waals surface area contributed by atoms with Crippen LogP contribution in [-0.2, 0) is 23.8 Å². The van der Waals surface area contributed by atoms with Crippen LogP contribution in [0.4, 0.5) is 0 Å². The van der Waals surface area contributed by atoms with Gasteiger partial charge in [0.2, 0.25) is 0 Å². The Hall–Kier alpha value is -0.940. The number of hydrogen-bond donors (Lipinski definition) is 0. The van der Waals surface area contributed by atoms with Crippen molar-refractivity contribution in [3.63, 3.8) is 0 Å². The Morgan fingerprint density at radius 1 is 1.06 bits per heavy atom. The van der Waals surface area contributed by atoms with Crippen LogP contribution in [0.25, 0.3) is 0 Å². The summed E-state index contributed by atoms with van der Waals surface area (Å²) in [4.78, 5) is 26.3. The van der Waals surface area contributed by atoms with Gasteiger partial charge in [0.25, 0.3) is 0 Å². The number of ether oxygens (including phenoxy) is 3. The number of carbonyl (C=O) groups is 2. The van der Waals surface area contributed by atoms with Crippen LogP contribution in [0.5, 0.6) is 0 Å². The Morgan fingerprint density at radius 2 is 1.86 bits per heavy atom. The fourth-order valence-corrected chi connectivity index (χ4v) is 10.5. The van der Waals surface area contributed by atoms with E-state index in [0.29, 0.717) is 41.8 Å². The van der Waals surface area contributed by atoms with Gasteiger partial charge in [-0.1, -0.05) is 34.6 Å². The summed E-state index contributed by atoms with van der Waals surface area (Å²) in [6, 6.07) is 0. The van der Waals surface area contributed by atoms with Crippen molar-refractivity contribution in [2.45, 2.75) is 123 Å². The molecule has 2 saturated heterocycles. The third-order valence-electron chi connectivity index (χ3n) is 12.5. The van der Waals surface area contributed by atoms with E-state index in [-0.39, 0.29) is 40.8 Å². The number of rotatable bonds is 3. The van der Waals surface area contributed by atoms with E-state index < -0.39 is 5.79 Å². The van der Waals surface area contributed by atoms with Crippen molar-refractivity contribution in [1.29, 1.82) is 0 Å². The van der Waals surface area contributed by atoms with Crippen LogP contribution in [0.3, 0.4) is 0 Å². The SMILES string of the molecule is CCCC(=O)O[C@@H]1CC[C@@]2(C)[C@@H](CC[C@@H]3[C@@H]2CC(=O)[C@]2(C)[C@@H]4[C@H](C[C@@H]32)O[C@]2(CC[C@@H](C)CO2)[C@H]4C)C1. The van der Waals surface area contributed by atoms with Crippen molar-refractivity contribution < 1.29 is 23.8 Å². The maximum atomic E-state index is 14.2. The molecule has 5 nitrogen and oxygen atoms in total. The molecule has 12 atom stereocenters. The first-order valence-electron chi connectivity index (χ1n) is 15.2. The highest BCUT2D eigenvalue weighted by Gasteiger charge is 2.71. The molecule has 2 heterocycles. The summed E-state index contributed by atoms with van der Waals surface area (Å²) < 4.78 is 19.1. The van der Waals surface area contributed by atoms with Crippen LogP contribution in [0.15, 0.2) is 0 Å². The zero-order chi connectivity index (χ0) is 25.5. The van der Waals surface area contributed by atoms with Gasteiger partial charge in [-0.05, 0) is 86.4 Å². The van der Waals surface area contributed by atoms with Crippen LogP contribution in [0.1, 0.15) is 105 Å². The zero-order valence-electron chi connectivity index (χ0n) is 23.2. The summed E-state index contributed by atoms with van der Waals surface area (Å²) in [5.74, 6) is 3.19. The Balaban J connectivity index is 1.21. The molecule has 6 aliphatic rings. The largest absolute Gasteiger partial charge is 0.462 e. The number of fused-ring (bicyclic) bond motifs is 7. The molecule has 4 saturated carbocycles. The lowest BCUT2D eigenvalue weighted by Gasteiger charge is -2.60. The maximum absolute atomic E-state index is 14.2. The van der Waals surface area contributed by atoms with Crippen LogP contribution < -0.4 is 0 Å². The van der Waals surface area contributed by atoms with Gasteiger partial charge in [0.15, 0.2) is 5.79 Å². The van der Waals surface area contributed by atoms with Crippen molar-refractivity contribution in [1.82, 2.24) is 0 Å². The minimum Gasteiger partial charge on any atom is -0.462 e. The van der Waals surface area contributed by atoms with Gasteiger partial charge in [-0.3, -0.25) is 9.59 Å². The second-order valence-corrected chi connectivity index (χ2v) is 14.2. The number of carbonyl (C=O) groups excluding carboxylic acids is 2. The number of hydrogen-bond acceptors (Lipinski definition) is 5. The lowest BCUT2D eigenvalue weighted by atomic mass is 9.44. The Kier molecular flexibility index (Phi) is 6.19. The highest BCUT2D eigenvalue weighted by molar-refractivity contribution is 5.87. The second kappa shape index (κ2) is 8.79. The normalized spacial score (nSPS) is 53.9. The highest BCUT2D eigenvalue weighted by atomic mass is 16.7. The Morgan fingerprint density at radius 3 is 2.58 bits per heavy atom. The number of Topliss-reactive ketones (excluding diaryl/α,β-unsaturated/α-hetero) is 1. The molecule has 0 N–H and O–H groups in total. The smallest absolute Gasteiger partial charge is 0.306 e. The van der Waals surface area contributed by atoms with Crippen LogP contribution >= 0.6 is 0 Å². The average Bonchev–Trinajstić information content (AvgIpc) is 3.28. The monoisotopic (exact) mass is 500 g/mol. The lowest BCUT2D eigenvalue weighted by Crippen LogP contribution is -2.58. The van der Waals surface area contributed by atoms with E-state index in [0.717, 1.165) is 58.0 Å². The molecule has 0 bridgehead atoms. The Bertz CT molecular complexity index is 891. The molecule has 0 radical (unpaired) electrons. The number of esters is 1. The van der Waals surface area contributed by atoms with Gasteiger partial charge < -0.3 is 14.2 Å². The lowest BCUT2D eigenvalue weighted by molar-refractivity contribution is -0.272. The van der Waals surface area contributed by atoms with E-state index in [4.69, 9.17) is 14.2 Å². The molecule has 0 aromatic heterocycles. The van der Waals surface area contributed by atoms with Crippen molar-refractivity contribution >= 4 is 11.8 Å². The van der Waals surface area contributed by atoms with E-state index in [1.165, 1.54) is 12.8 Å². The van der Waals surface area contributed by atoms with E-state index >= 15 is 0 Å². The molecule has 1 spiro atoms.